The smallest absolute Gasteiger partial charge is 0.312 e. The standard InChI is InChI=1S/C18H26O5/c1-7-8(2)10-4-9(7)13-11-5-12(14(10)13)16(15(11)17(19)20)18(21)23-6-22-3/h7-16H,4-6H2,1-3H3,(H,19,20). The maximum absolute atomic E-state index is 12.5. The lowest BCUT2D eigenvalue weighted by Gasteiger charge is -2.44. The number of carbonyl (C=O) groups excluding carboxylic acids is 1. The van der Waals surface area contributed by atoms with Crippen molar-refractivity contribution >= 4 is 11.9 Å². The summed E-state index contributed by atoms with van der Waals surface area (Å²) in [5, 5.41) is 9.75. The van der Waals surface area contributed by atoms with Gasteiger partial charge in [0.15, 0.2) is 6.79 Å². The molecule has 0 aromatic carbocycles. The topological polar surface area (TPSA) is 72.8 Å². The van der Waals surface area contributed by atoms with Crippen molar-refractivity contribution in [3.05, 3.63) is 0 Å². The van der Waals surface area contributed by atoms with Gasteiger partial charge in [-0.2, -0.15) is 0 Å². The normalized spacial score (nSPS) is 52.7. The molecule has 4 bridgehead atoms. The summed E-state index contributed by atoms with van der Waals surface area (Å²) >= 11 is 0. The SMILES string of the molecule is COCOC(=O)C1C2CC(C1C(=O)O)C1C3CC(C(C)C3C)C21. The van der Waals surface area contributed by atoms with E-state index in [1.165, 1.54) is 13.5 Å². The molecule has 5 heteroatoms. The van der Waals surface area contributed by atoms with Crippen LogP contribution in [0.1, 0.15) is 26.7 Å². The molecule has 128 valence electrons. The minimum Gasteiger partial charge on any atom is -0.481 e. The lowest BCUT2D eigenvalue weighted by atomic mass is 9.59. The van der Waals surface area contributed by atoms with E-state index < -0.39 is 17.8 Å². The Morgan fingerprint density at radius 2 is 1.48 bits per heavy atom. The lowest BCUT2D eigenvalue weighted by Crippen LogP contribution is -2.47. The Bertz CT molecular complexity index is 532. The van der Waals surface area contributed by atoms with E-state index in [0.29, 0.717) is 35.5 Å². The van der Waals surface area contributed by atoms with Crippen molar-refractivity contribution in [2.24, 2.45) is 59.2 Å². The molecule has 10 atom stereocenters. The number of carboxylic acid groups (broad SMARTS) is 1. The van der Waals surface area contributed by atoms with Gasteiger partial charge < -0.3 is 14.6 Å². The van der Waals surface area contributed by atoms with Gasteiger partial charge in [0.2, 0.25) is 0 Å². The first-order valence-electron chi connectivity index (χ1n) is 8.85. The van der Waals surface area contributed by atoms with E-state index in [2.05, 4.69) is 13.8 Å². The number of fused-ring (bicyclic) bond motifs is 9. The molecule has 5 nitrogen and oxygen atoms in total. The van der Waals surface area contributed by atoms with Crippen molar-refractivity contribution in [1.29, 1.82) is 0 Å². The number of esters is 1. The Morgan fingerprint density at radius 3 is 2.00 bits per heavy atom. The first-order valence-corrected chi connectivity index (χ1v) is 8.85. The van der Waals surface area contributed by atoms with Crippen LogP contribution in [0.2, 0.25) is 0 Å². The van der Waals surface area contributed by atoms with Crippen LogP contribution >= 0.6 is 0 Å². The van der Waals surface area contributed by atoms with Crippen LogP contribution in [0.4, 0.5) is 0 Å². The van der Waals surface area contributed by atoms with Crippen LogP contribution in [-0.4, -0.2) is 30.9 Å². The summed E-state index contributed by atoms with van der Waals surface area (Å²) < 4.78 is 9.98. The molecule has 4 rings (SSSR count). The summed E-state index contributed by atoms with van der Waals surface area (Å²) in [6.45, 7) is 4.58. The third kappa shape index (κ3) is 1.89. The van der Waals surface area contributed by atoms with Gasteiger partial charge in [0.05, 0.1) is 11.8 Å². The fourth-order valence-corrected chi connectivity index (χ4v) is 7.12. The summed E-state index contributed by atoms with van der Waals surface area (Å²) in [7, 11) is 1.47. The van der Waals surface area contributed by atoms with E-state index in [-0.39, 0.29) is 24.6 Å². The quantitative estimate of drug-likeness (QED) is 0.488. The summed E-state index contributed by atoms with van der Waals surface area (Å²) in [6.07, 6.45) is 2.13. The average Bonchev–Trinajstić information content (AvgIpc) is 3.22. The third-order valence-corrected chi connectivity index (χ3v) is 7.88. The van der Waals surface area contributed by atoms with Crippen LogP contribution in [0, 0.1) is 59.2 Å². The number of hydrogen-bond acceptors (Lipinski definition) is 4. The van der Waals surface area contributed by atoms with Crippen molar-refractivity contribution in [1.82, 2.24) is 0 Å². The molecule has 4 aliphatic carbocycles. The van der Waals surface area contributed by atoms with E-state index in [4.69, 9.17) is 9.47 Å². The predicted molar refractivity (Wildman–Crippen MR) is 81.1 cm³/mol. The highest BCUT2D eigenvalue weighted by Gasteiger charge is 2.71. The number of hydrogen-bond donors (Lipinski definition) is 1. The number of ether oxygens (including phenoxy) is 2. The van der Waals surface area contributed by atoms with Crippen molar-refractivity contribution in [2.75, 3.05) is 13.9 Å². The summed E-state index contributed by atoms with van der Waals surface area (Å²) in [5.41, 5.74) is 0. The molecular weight excluding hydrogens is 296 g/mol. The fourth-order valence-electron chi connectivity index (χ4n) is 7.12. The molecule has 0 heterocycles. The Balaban J connectivity index is 1.64. The maximum Gasteiger partial charge on any atom is 0.312 e. The van der Waals surface area contributed by atoms with Gasteiger partial charge >= 0.3 is 11.9 Å². The van der Waals surface area contributed by atoms with Crippen LogP contribution in [0.25, 0.3) is 0 Å². The zero-order chi connectivity index (χ0) is 16.5. The maximum atomic E-state index is 12.5. The average molecular weight is 322 g/mol. The minimum absolute atomic E-state index is 0.0906. The van der Waals surface area contributed by atoms with E-state index in [9.17, 15) is 14.7 Å². The second-order valence-corrected chi connectivity index (χ2v) is 8.26. The van der Waals surface area contributed by atoms with E-state index in [1.54, 1.807) is 0 Å². The van der Waals surface area contributed by atoms with Gasteiger partial charge in [0.25, 0.3) is 0 Å². The second-order valence-electron chi connectivity index (χ2n) is 8.26. The molecule has 10 unspecified atom stereocenters. The van der Waals surface area contributed by atoms with Crippen LogP contribution in [-0.2, 0) is 19.1 Å². The molecule has 0 aliphatic heterocycles. The second kappa shape index (κ2) is 5.20. The number of methoxy groups -OCH3 is 1. The molecule has 1 N–H and O–H groups in total. The zero-order valence-electron chi connectivity index (χ0n) is 14.0. The molecular formula is C18H26O5. The highest BCUT2D eigenvalue weighted by Crippen LogP contribution is 2.72. The molecule has 4 fully saturated rings. The third-order valence-electron chi connectivity index (χ3n) is 7.88. The number of aliphatic carboxylic acids is 1. The van der Waals surface area contributed by atoms with Crippen LogP contribution < -0.4 is 0 Å². The molecule has 0 spiro atoms. The van der Waals surface area contributed by atoms with Gasteiger partial charge in [-0.05, 0) is 60.2 Å². The van der Waals surface area contributed by atoms with Crippen molar-refractivity contribution in [2.45, 2.75) is 26.7 Å². The van der Waals surface area contributed by atoms with Gasteiger partial charge in [-0.25, -0.2) is 0 Å². The summed E-state index contributed by atoms with van der Waals surface area (Å²) in [6, 6.07) is 0. The fraction of sp³-hybridized carbons (Fsp3) is 0.889. The Morgan fingerprint density at radius 1 is 0.957 bits per heavy atom. The van der Waals surface area contributed by atoms with Gasteiger partial charge in [-0.3, -0.25) is 9.59 Å². The van der Waals surface area contributed by atoms with Gasteiger partial charge in [-0.1, -0.05) is 13.8 Å². The predicted octanol–water partition coefficient (Wildman–Crippen LogP) is 2.25. The van der Waals surface area contributed by atoms with Crippen LogP contribution in [0.15, 0.2) is 0 Å². The first-order chi connectivity index (χ1) is 11.0. The van der Waals surface area contributed by atoms with E-state index in [1.807, 2.05) is 0 Å². The molecule has 0 amide bonds. The Labute approximate surface area is 136 Å². The monoisotopic (exact) mass is 322 g/mol. The van der Waals surface area contributed by atoms with Crippen LogP contribution in [0.5, 0.6) is 0 Å². The molecule has 0 radical (unpaired) electrons. The molecule has 4 saturated carbocycles. The van der Waals surface area contributed by atoms with Gasteiger partial charge in [-0.15, -0.1) is 0 Å². The van der Waals surface area contributed by atoms with Crippen LogP contribution in [0.3, 0.4) is 0 Å². The summed E-state index contributed by atoms with van der Waals surface area (Å²) in [5.74, 6) is 1.89. The van der Waals surface area contributed by atoms with Gasteiger partial charge in [0.1, 0.15) is 0 Å². The number of carboxylic acids is 1. The zero-order valence-corrected chi connectivity index (χ0v) is 14.0. The largest absolute Gasteiger partial charge is 0.481 e. The van der Waals surface area contributed by atoms with E-state index in [0.717, 1.165) is 6.42 Å². The van der Waals surface area contributed by atoms with Gasteiger partial charge in [0, 0.05) is 7.11 Å². The highest BCUT2D eigenvalue weighted by atomic mass is 16.7. The number of carbonyl (C=O) groups is 2. The highest BCUT2D eigenvalue weighted by molar-refractivity contribution is 5.83. The molecule has 0 aromatic rings. The lowest BCUT2D eigenvalue weighted by molar-refractivity contribution is -0.172. The van der Waals surface area contributed by atoms with E-state index >= 15 is 0 Å². The molecule has 4 aliphatic rings. The number of rotatable bonds is 4. The molecule has 0 aromatic heterocycles. The van der Waals surface area contributed by atoms with Crippen molar-refractivity contribution in [3.63, 3.8) is 0 Å². The van der Waals surface area contributed by atoms with Crippen molar-refractivity contribution in [3.8, 4) is 0 Å². The summed E-state index contributed by atoms with van der Waals surface area (Å²) in [4.78, 5) is 24.4. The minimum atomic E-state index is -0.821. The Kier molecular flexibility index (Phi) is 3.49. The van der Waals surface area contributed by atoms with Crippen molar-refractivity contribution < 1.29 is 24.2 Å². The molecule has 23 heavy (non-hydrogen) atoms. The first kappa shape index (κ1) is 15.4. The Hall–Kier alpha value is -1.10. The molecule has 0 saturated heterocycles.